The van der Waals surface area contributed by atoms with Crippen LogP contribution in [0.1, 0.15) is 41.7 Å². The zero-order chi connectivity index (χ0) is 17.8. The smallest absolute Gasteiger partial charge is 0.258 e. The second-order valence-corrected chi connectivity index (χ2v) is 6.78. The Morgan fingerprint density at radius 2 is 1.92 bits per heavy atom. The van der Waals surface area contributed by atoms with Crippen molar-refractivity contribution in [3.05, 3.63) is 52.3 Å². The van der Waals surface area contributed by atoms with E-state index in [9.17, 15) is 9.90 Å². The molecule has 132 valence electrons. The van der Waals surface area contributed by atoms with Gasteiger partial charge in [-0.3, -0.25) is 4.79 Å². The fraction of sp³-hybridized carbons (Fsp3) is 0.368. The number of hydrogen-bond acceptors (Lipinski definition) is 4. The van der Waals surface area contributed by atoms with Crippen molar-refractivity contribution in [1.82, 2.24) is 4.98 Å². The van der Waals surface area contributed by atoms with E-state index in [2.05, 4.69) is 10.3 Å². The molecule has 0 saturated heterocycles. The molecule has 1 heterocycles. The van der Waals surface area contributed by atoms with E-state index in [1.54, 1.807) is 30.3 Å². The average Bonchev–Trinajstić information content (AvgIpc) is 2.58. The van der Waals surface area contributed by atoms with Gasteiger partial charge in [-0.1, -0.05) is 18.6 Å². The van der Waals surface area contributed by atoms with Crippen LogP contribution in [0, 0.1) is 11.6 Å². The molecule has 2 atom stereocenters. The first-order chi connectivity index (χ1) is 12.0. The number of rotatable bonds is 4. The molecular formula is C19H22N2O3S. The van der Waals surface area contributed by atoms with E-state index in [-0.39, 0.29) is 12.0 Å². The van der Waals surface area contributed by atoms with E-state index < -0.39 is 6.10 Å². The number of hydrogen-bond donors (Lipinski definition) is 3. The highest BCUT2D eigenvalue weighted by molar-refractivity contribution is 7.71. The lowest BCUT2D eigenvalue weighted by Gasteiger charge is -2.28. The Morgan fingerprint density at radius 1 is 1.20 bits per heavy atom. The summed E-state index contributed by atoms with van der Waals surface area (Å²) in [6, 6.07) is 10.7. The fourth-order valence-electron chi connectivity index (χ4n) is 2.96. The molecule has 3 N–H and O–H groups in total. The predicted octanol–water partition coefficient (Wildman–Crippen LogP) is 3.99. The number of nitrogens with one attached hydrogen (secondary N) is 2. The Kier molecular flexibility index (Phi) is 5.50. The maximum atomic E-state index is 12.3. The molecule has 1 aromatic carbocycles. The predicted molar refractivity (Wildman–Crippen MR) is 99.6 cm³/mol. The van der Waals surface area contributed by atoms with Crippen LogP contribution in [0.5, 0.6) is 5.75 Å². The molecule has 0 radical (unpaired) electrons. The lowest BCUT2D eigenvalue weighted by atomic mass is 9.95. The summed E-state index contributed by atoms with van der Waals surface area (Å²) >= 11 is 5.19. The lowest BCUT2D eigenvalue weighted by molar-refractivity contribution is 0.00688. The summed E-state index contributed by atoms with van der Waals surface area (Å²) < 4.78 is 6.28. The molecule has 6 heteroatoms. The Morgan fingerprint density at radius 3 is 2.60 bits per heavy atom. The van der Waals surface area contributed by atoms with Gasteiger partial charge in [-0.2, -0.15) is 0 Å². The van der Waals surface area contributed by atoms with Crippen molar-refractivity contribution in [3.63, 3.8) is 0 Å². The highest BCUT2D eigenvalue weighted by Crippen LogP contribution is 2.25. The van der Waals surface area contributed by atoms with Crippen LogP contribution in [0.2, 0.25) is 0 Å². The summed E-state index contributed by atoms with van der Waals surface area (Å²) in [5, 5.41) is 12.8. The Balaban J connectivity index is 1.64. The van der Waals surface area contributed by atoms with Crippen molar-refractivity contribution >= 4 is 23.8 Å². The number of anilines is 1. The largest absolute Gasteiger partial charge is 0.488 e. The van der Waals surface area contributed by atoms with Gasteiger partial charge in [-0.15, -0.1) is 0 Å². The summed E-state index contributed by atoms with van der Waals surface area (Å²) in [6.07, 6.45) is 3.22. The zero-order valence-electron chi connectivity index (χ0n) is 14.1. The van der Waals surface area contributed by atoms with Gasteiger partial charge < -0.3 is 20.1 Å². The molecule has 0 spiro atoms. The molecule has 1 aromatic heterocycles. The van der Waals surface area contributed by atoms with Gasteiger partial charge in [-0.25, -0.2) is 0 Å². The standard InChI is InChI=1S/C19H22N2O3S/c1-12-6-11-15(19(25)20-12)18(23)21-13-7-9-14(10-8-13)24-17-5-3-2-4-16(17)22/h6-11,16-17,22H,2-5H2,1H3,(H,20,25)(H,21,23). The second kappa shape index (κ2) is 7.80. The maximum absolute atomic E-state index is 12.3. The van der Waals surface area contributed by atoms with Crippen molar-refractivity contribution in [1.29, 1.82) is 0 Å². The first-order valence-electron chi connectivity index (χ1n) is 8.49. The highest BCUT2D eigenvalue weighted by atomic mass is 32.1. The van der Waals surface area contributed by atoms with Crippen molar-refractivity contribution < 1.29 is 14.6 Å². The number of aliphatic hydroxyl groups excluding tert-OH is 1. The number of ether oxygens (including phenoxy) is 1. The highest BCUT2D eigenvalue weighted by Gasteiger charge is 2.24. The van der Waals surface area contributed by atoms with E-state index in [1.165, 1.54) is 0 Å². The zero-order valence-corrected chi connectivity index (χ0v) is 14.9. The van der Waals surface area contributed by atoms with E-state index in [1.807, 2.05) is 13.0 Å². The van der Waals surface area contributed by atoms with Crippen LogP contribution in [-0.4, -0.2) is 28.2 Å². The number of benzene rings is 1. The molecule has 0 bridgehead atoms. The summed E-state index contributed by atoms with van der Waals surface area (Å²) in [7, 11) is 0. The second-order valence-electron chi connectivity index (χ2n) is 6.37. The van der Waals surface area contributed by atoms with Crippen LogP contribution in [0.25, 0.3) is 0 Å². The summed E-state index contributed by atoms with van der Waals surface area (Å²) in [5.74, 6) is 0.439. The molecule has 1 saturated carbocycles. The van der Waals surface area contributed by atoms with Gasteiger partial charge in [0, 0.05) is 11.4 Å². The van der Waals surface area contributed by atoms with Gasteiger partial charge in [-0.05, 0) is 62.6 Å². The van der Waals surface area contributed by atoms with Crippen LogP contribution in [-0.2, 0) is 0 Å². The summed E-state index contributed by atoms with van der Waals surface area (Å²) in [6.45, 7) is 1.89. The monoisotopic (exact) mass is 358 g/mol. The number of carbonyl (C=O) groups excluding carboxylic acids is 1. The number of carbonyl (C=O) groups is 1. The van der Waals surface area contributed by atoms with Crippen LogP contribution in [0.15, 0.2) is 36.4 Å². The molecule has 25 heavy (non-hydrogen) atoms. The van der Waals surface area contributed by atoms with Gasteiger partial charge >= 0.3 is 0 Å². The number of amides is 1. The molecular weight excluding hydrogens is 336 g/mol. The maximum Gasteiger partial charge on any atom is 0.258 e. The minimum absolute atomic E-state index is 0.153. The molecule has 5 nitrogen and oxygen atoms in total. The molecule has 1 aliphatic carbocycles. The number of pyridine rings is 1. The Bertz CT molecular complexity index is 801. The summed E-state index contributed by atoms with van der Waals surface area (Å²) in [5.41, 5.74) is 2.01. The Hall–Kier alpha value is -2.18. The number of aromatic nitrogens is 1. The van der Waals surface area contributed by atoms with Crippen molar-refractivity contribution in [2.75, 3.05) is 5.32 Å². The van der Waals surface area contributed by atoms with Crippen LogP contribution >= 0.6 is 12.2 Å². The quantitative estimate of drug-likeness (QED) is 0.723. The number of aromatic amines is 1. The van der Waals surface area contributed by atoms with Gasteiger partial charge in [0.05, 0.1) is 11.7 Å². The molecule has 1 aliphatic rings. The Labute approximate surface area is 152 Å². The molecule has 1 amide bonds. The van der Waals surface area contributed by atoms with Gasteiger partial charge in [0.25, 0.3) is 5.91 Å². The normalized spacial score (nSPS) is 20.1. The SMILES string of the molecule is Cc1ccc(C(=O)Nc2ccc(OC3CCCCC3O)cc2)c(=S)[nH]1. The summed E-state index contributed by atoms with van der Waals surface area (Å²) in [4.78, 5) is 15.3. The first kappa shape index (κ1) is 17.6. The third kappa shape index (κ3) is 4.46. The van der Waals surface area contributed by atoms with E-state index >= 15 is 0 Å². The minimum Gasteiger partial charge on any atom is -0.488 e. The van der Waals surface area contributed by atoms with Crippen LogP contribution < -0.4 is 10.1 Å². The average molecular weight is 358 g/mol. The molecule has 3 rings (SSSR count). The van der Waals surface area contributed by atoms with Gasteiger partial charge in [0.2, 0.25) is 0 Å². The van der Waals surface area contributed by atoms with Gasteiger partial charge in [0.15, 0.2) is 0 Å². The number of aliphatic hydroxyl groups is 1. The first-order valence-corrected chi connectivity index (χ1v) is 8.90. The molecule has 2 aromatic rings. The van der Waals surface area contributed by atoms with Gasteiger partial charge in [0.1, 0.15) is 16.5 Å². The molecule has 0 aliphatic heterocycles. The van der Waals surface area contributed by atoms with Crippen molar-refractivity contribution in [2.45, 2.75) is 44.8 Å². The fourth-order valence-corrected chi connectivity index (χ4v) is 3.28. The van der Waals surface area contributed by atoms with E-state index in [0.29, 0.717) is 21.6 Å². The minimum atomic E-state index is -0.406. The van der Waals surface area contributed by atoms with Crippen molar-refractivity contribution in [3.8, 4) is 5.75 Å². The third-order valence-electron chi connectivity index (χ3n) is 4.37. The van der Waals surface area contributed by atoms with Crippen LogP contribution in [0.3, 0.4) is 0 Å². The third-order valence-corrected chi connectivity index (χ3v) is 4.69. The van der Waals surface area contributed by atoms with Crippen molar-refractivity contribution in [2.24, 2.45) is 0 Å². The number of H-pyrrole nitrogens is 1. The van der Waals surface area contributed by atoms with E-state index in [4.69, 9.17) is 17.0 Å². The lowest BCUT2D eigenvalue weighted by Crippen LogP contribution is -2.34. The van der Waals surface area contributed by atoms with Crippen LogP contribution in [0.4, 0.5) is 5.69 Å². The molecule has 1 fully saturated rings. The molecule has 2 unspecified atom stereocenters. The van der Waals surface area contributed by atoms with E-state index in [0.717, 1.165) is 31.4 Å². The topological polar surface area (TPSA) is 74.3 Å². The number of aryl methyl sites for hydroxylation is 1.